The van der Waals surface area contributed by atoms with Crippen LogP contribution in [0.15, 0.2) is 0 Å². The van der Waals surface area contributed by atoms with Gasteiger partial charge in [-0.25, -0.2) is 19.2 Å². The fourth-order valence-electron chi connectivity index (χ4n) is 2.12. The Morgan fingerprint density at radius 3 is 1.31 bits per heavy atom. The summed E-state index contributed by atoms with van der Waals surface area (Å²) in [6.07, 6.45) is -6.41. The highest BCUT2D eigenvalue weighted by atomic mass is 16.4. The van der Waals surface area contributed by atoms with Crippen LogP contribution in [0.5, 0.6) is 0 Å². The molecule has 0 aromatic carbocycles. The summed E-state index contributed by atoms with van der Waals surface area (Å²) in [5.41, 5.74) is 5.56. The zero-order valence-corrected chi connectivity index (χ0v) is 15.7. The van der Waals surface area contributed by atoms with E-state index in [-0.39, 0.29) is 0 Å². The van der Waals surface area contributed by atoms with E-state index < -0.39 is 48.3 Å². The van der Waals surface area contributed by atoms with Gasteiger partial charge in [0.05, 0.1) is 0 Å². The number of carbonyl (C=O) groups is 4. The summed E-state index contributed by atoms with van der Waals surface area (Å²) in [5, 5.41) is 65.1. The molecule has 0 aromatic heterocycles. The summed E-state index contributed by atoms with van der Waals surface area (Å²) in [7, 11) is 0. The van der Waals surface area contributed by atoms with E-state index in [1.54, 1.807) is 0 Å². The highest BCUT2D eigenvalue weighted by Crippen LogP contribution is 2.14. The van der Waals surface area contributed by atoms with E-state index in [0.717, 1.165) is 6.54 Å². The Labute approximate surface area is 165 Å². The van der Waals surface area contributed by atoms with Crippen LogP contribution in [-0.4, -0.2) is 120 Å². The third-order valence-electron chi connectivity index (χ3n) is 3.79. The SMILES string of the molecule is CCN1CCC[C@@H]1CN.O=C(O)C(O)C(O)C(=O)O.O=C(O)C(O)C(O)C(=O)O. The van der Waals surface area contributed by atoms with Crippen LogP contribution >= 0.6 is 0 Å². The van der Waals surface area contributed by atoms with Gasteiger partial charge >= 0.3 is 23.9 Å². The Kier molecular flexibility index (Phi) is 14.5. The molecule has 5 atom stereocenters. The molecular formula is C15H28N2O12. The number of hydrogen-bond acceptors (Lipinski definition) is 10. The summed E-state index contributed by atoms with van der Waals surface area (Å²) >= 11 is 0. The molecular weight excluding hydrogens is 400 g/mol. The van der Waals surface area contributed by atoms with Crippen molar-refractivity contribution in [2.45, 2.75) is 50.2 Å². The second kappa shape index (κ2) is 14.6. The van der Waals surface area contributed by atoms with Crippen LogP contribution in [0.1, 0.15) is 19.8 Å². The molecule has 1 saturated heterocycles. The molecule has 0 radical (unpaired) electrons. The van der Waals surface area contributed by atoms with E-state index in [1.165, 1.54) is 25.9 Å². The molecule has 0 amide bonds. The maximum Gasteiger partial charge on any atom is 0.335 e. The number of likely N-dealkylation sites (tertiary alicyclic amines) is 1. The molecule has 1 rings (SSSR count). The van der Waals surface area contributed by atoms with Gasteiger partial charge < -0.3 is 46.6 Å². The third-order valence-corrected chi connectivity index (χ3v) is 3.79. The van der Waals surface area contributed by atoms with E-state index in [0.29, 0.717) is 6.04 Å². The van der Waals surface area contributed by atoms with Gasteiger partial charge in [0.15, 0.2) is 24.4 Å². The maximum absolute atomic E-state index is 9.77. The Balaban J connectivity index is 0. The van der Waals surface area contributed by atoms with E-state index in [1.807, 2.05) is 0 Å². The minimum atomic E-state index is -2.27. The number of carboxylic acids is 4. The first-order valence-electron chi connectivity index (χ1n) is 8.39. The van der Waals surface area contributed by atoms with Crippen molar-refractivity contribution in [3.05, 3.63) is 0 Å². The Hall–Kier alpha value is -2.36. The fraction of sp³-hybridized carbons (Fsp3) is 0.733. The van der Waals surface area contributed by atoms with Crippen LogP contribution in [0.3, 0.4) is 0 Å². The molecule has 0 bridgehead atoms. The molecule has 1 heterocycles. The van der Waals surface area contributed by atoms with Crippen LogP contribution in [0.25, 0.3) is 0 Å². The summed E-state index contributed by atoms with van der Waals surface area (Å²) in [5.74, 6) is -7.07. The number of aliphatic hydroxyl groups is 4. The zero-order valence-electron chi connectivity index (χ0n) is 15.7. The van der Waals surface area contributed by atoms with E-state index in [2.05, 4.69) is 11.8 Å². The number of nitrogens with zero attached hydrogens (tertiary/aromatic N) is 1. The highest BCUT2D eigenvalue weighted by molar-refractivity contribution is 5.83. The summed E-state index contributed by atoms with van der Waals surface area (Å²) in [4.78, 5) is 41.5. The largest absolute Gasteiger partial charge is 0.479 e. The fourth-order valence-corrected chi connectivity index (χ4v) is 2.12. The van der Waals surface area contributed by atoms with Crippen LogP contribution < -0.4 is 5.73 Å². The summed E-state index contributed by atoms with van der Waals surface area (Å²) < 4.78 is 0. The lowest BCUT2D eigenvalue weighted by molar-refractivity contribution is -0.165. The van der Waals surface area contributed by atoms with Crippen molar-refractivity contribution >= 4 is 23.9 Å². The molecule has 1 aliphatic rings. The van der Waals surface area contributed by atoms with Crippen molar-refractivity contribution in [1.82, 2.24) is 4.90 Å². The molecule has 14 nitrogen and oxygen atoms in total. The van der Waals surface area contributed by atoms with Gasteiger partial charge in [-0.1, -0.05) is 6.92 Å². The molecule has 0 spiro atoms. The zero-order chi connectivity index (χ0) is 23.3. The van der Waals surface area contributed by atoms with Gasteiger partial charge in [-0.05, 0) is 25.9 Å². The smallest absolute Gasteiger partial charge is 0.335 e. The first-order chi connectivity index (χ1) is 13.3. The minimum Gasteiger partial charge on any atom is -0.479 e. The van der Waals surface area contributed by atoms with Crippen molar-refractivity contribution in [3.63, 3.8) is 0 Å². The summed E-state index contributed by atoms with van der Waals surface area (Å²) in [6.45, 7) is 5.47. The van der Waals surface area contributed by atoms with Crippen LogP contribution in [-0.2, 0) is 19.2 Å². The van der Waals surface area contributed by atoms with Gasteiger partial charge in [0.25, 0.3) is 0 Å². The van der Waals surface area contributed by atoms with Crippen LogP contribution in [0.4, 0.5) is 0 Å². The van der Waals surface area contributed by atoms with Gasteiger partial charge in [0.2, 0.25) is 0 Å². The maximum atomic E-state index is 9.77. The number of likely N-dealkylation sites (N-methyl/N-ethyl adjacent to an activating group) is 1. The standard InChI is InChI=1S/C7H16N2.2C4H6O6/c1-2-9-5-3-4-7(9)6-8;2*5-1(3(7)8)2(6)4(9)10/h7H,2-6,8H2,1H3;2*1-2,5-6H,(H,7,8)(H,9,10)/t7-;;/m1../s1. The lowest BCUT2D eigenvalue weighted by atomic mass is 10.2. The van der Waals surface area contributed by atoms with Crippen molar-refractivity contribution in [2.24, 2.45) is 5.73 Å². The first-order valence-corrected chi connectivity index (χ1v) is 8.39. The molecule has 0 aromatic rings. The topological polar surface area (TPSA) is 259 Å². The molecule has 29 heavy (non-hydrogen) atoms. The monoisotopic (exact) mass is 428 g/mol. The second-order valence-electron chi connectivity index (χ2n) is 5.79. The van der Waals surface area contributed by atoms with Gasteiger partial charge in [0.1, 0.15) is 0 Å². The van der Waals surface area contributed by atoms with Crippen molar-refractivity contribution in [1.29, 1.82) is 0 Å². The molecule has 1 aliphatic heterocycles. The average molecular weight is 428 g/mol. The van der Waals surface area contributed by atoms with E-state index in [4.69, 9.17) is 46.6 Å². The Morgan fingerprint density at radius 2 is 1.14 bits per heavy atom. The van der Waals surface area contributed by atoms with Crippen LogP contribution in [0.2, 0.25) is 0 Å². The van der Waals surface area contributed by atoms with Crippen LogP contribution in [0, 0.1) is 0 Å². The molecule has 170 valence electrons. The molecule has 0 saturated carbocycles. The average Bonchev–Trinajstić information content (AvgIpc) is 3.13. The minimum absolute atomic E-state index is 0.690. The lowest BCUT2D eigenvalue weighted by Gasteiger charge is -2.20. The Morgan fingerprint density at radius 1 is 0.828 bits per heavy atom. The van der Waals surface area contributed by atoms with E-state index >= 15 is 0 Å². The number of nitrogens with two attached hydrogens (primary N) is 1. The molecule has 0 aliphatic carbocycles. The van der Waals surface area contributed by atoms with E-state index in [9.17, 15) is 19.2 Å². The number of carboxylic acid groups (broad SMARTS) is 4. The lowest BCUT2D eigenvalue weighted by Crippen LogP contribution is -2.39. The van der Waals surface area contributed by atoms with Gasteiger partial charge in [0, 0.05) is 12.6 Å². The molecule has 14 heteroatoms. The van der Waals surface area contributed by atoms with Gasteiger partial charge in [-0.3, -0.25) is 4.90 Å². The first kappa shape index (κ1) is 28.8. The number of aliphatic carboxylic acids is 4. The molecule has 10 N–H and O–H groups in total. The van der Waals surface area contributed by atoms with Gasteiger partial charge in [-0.2, -0.15) is 0 Å². The number of hydrogen-bond donors (Lipinski definition) is 9. The van der Waals surface area contributed by atoms with Crippen molar-refractivity contribution < 1.29 is 60.0 Å². The second-order valence-corrected chi connectivity index (χ2v) is 5.79. The molecule has 1 fully saturated rings. The predicted octanol–water partition coefficient (Wildman–Crippen LogP) is -3.82. The number of aliphatic hydroxyl groups excluding tert-OH is 4. The predicted molar refractivity (Wildman–Crippen MR) is 93.9 cm³/mol. The number of rotatable bonds is 8. The Bertz CT molecular complexity index is 461. The quantitative estimate of drug-likeness (QED) is 0.179. The molecule has 4 unspecified atom stereocenters. The van der Waals surface area contributed by atoms with Gasteiger partial charge in [-0.15, -0.1) is 0 Å². The normalized spacial score (nSPS) is 20.0. The summed E-state index contributed by atoms with van der Waals surface area (Å²) in [6, 6.07) is 0.690. The highest BCUT2D eigenvalue weighted by Gasteiger charge is 2.30. The van der Waals surface area contributed by atoms with Crippen molar-refractivity contribution in [3.8, 4) is 0 Å². The third kappa shape index (κ3) is 11.3. The van der Waals surface area contributed by atoms with Crippen molar-refractivity contribution in [2.75, 3.05) is 19.6 Å².